The fraction of sp³-hybridized carbons (Fsp3) is 0.250. The first-order chi connectivity index (χ1) is 6.70. The molecule has 1 aromatic heterocycles. The first-order valence-electron chi connectivity index (χ1n) is 4.63. The van der Waals surface area contributed by atoms with Crippen LogP contribution in [0.3, 0.4) is 0 Å². The summed E-state index contributed by atoms with van der Waals surface area (Å²) in [5, 5.41) is 2.14. The van der Waals surface area contributed by atoms with Crippen LogP contribution in [0.5, 0.6) is 0 Å². The van der Waals surface area contributed by atoms with Crippen LogP contribution in [0.1, 0.15) is 16.8 Å². The third kappa shape index (κ3) is 1.67. The zero-order valence-corrected chi connectivity index (χ0v) is 9.93. The topological polar surface area (TPSA) is 12.9 Å². The zero-order valence-electron chi connectivity index (χ0n) is 8.34. The number of benzene rings is 1. The van der Waals surface area contributed by atoms with Gasteiger partial charge in [-0.15, -0.1) is 0 Å². The Morgan fingerprint density at radius 2 is 2.00 bits per heavy atom. The van der Waals surface area contributed by atoms with Crippen LogP contribution in [0, 0.1) is 13.8 Å². The normalized spacial score (nSPS) is 10.8. The third-order valence-electron chi connectivity index (χ3n) is 2.32. The average molecular weight is 250 g/mol. The molecule has 1 aromatic carbocycles. The van der Waals surface area contributed by atoms with Crippen LogP contribution in [0.15, 0.2) is 24.3 Å². The molecule has 0 saturated heterocycles. The summed E-state index contributed by atoms with van der Waals surface area (Å²) in [5.74, 6) is 0. The first-order valence-corrected chi connectivity index (χ1v) is 5.75. The van der Waals surface area contributed by atoms with Gasteiger partial charge in [0.05, 0.1) is 5.52 Å². The van der Waals surface area contributed by atoms with Gasteiger partial charge in [-0.3, -0.25) is 4.98 Å². The maximum atomic E-state index is 4.50. The molecule has 0 spiro atoms. The predicted molar refractivity (Wildman–Crippen MR) is 63.8 cm³/mol. The van der Waals surface area contributed by atoms with Crippen molar-refractivity contribution in [2.24, 2.45) is 0 Å². The molecule has 0 saturated carbocycles. The quantitative estimate of drug-likeness (QED) is 0.702. The monoisotopic (exact) mass is 249 g/mol. The van der Waals surface area contributed by atoms with Crippen molar-refractivity contribution in [3.8, 4) is 0 Å². The average Bonchev–Trinajstić information content (AvgIpc) is 2.17. The van der Waals surface area contributed by atoms with Gasteiger partial charge in [-0.2, -0.15) is 0 Å². The predicted octanol–water partition coefficient (Wildman–Crippen LogP) is 3.75. The van der Waals surface area contributed by atoms with E-state index < -0.39 is 0 Å². The number of rotatable bonds is 1. The smallest absolute Gasteiger partial charge is 0.0708 e. The molecule has 0 bridgehead atoms. The van der Waals surface area contributed by atoms with E-state index >= 15 is 0 Å². The van der Waals surface area contributed by atoms with Crippen molar-refractivity contribution in [3.63, 3.8) is 0 Å². The molecule has 2 heteroatoms. The molecule has 0 amide bonds. The van der Waals surface area contributed by atoms with Gasteiger partial charge < -0.3 is 0 Å². The van der Waals surface area contributed by atoms with Crippen molar-refractivity contribution in [3.05, 3.63) is 41.1 Å². The van der Waals surface area contributed by atoms with Crippen LogP contribution < -0.4 is 0 Å². The highest BCUT2D eigenvalue weighted by Gasteiger charge is 2.02. The van der Waals surface area contributed by atoms with Crippen molar-refractivity contribution in [1.82, 2.24) is 4.98 Å². The van der Waals surface area contributed by atoms with Crippen molar-refractivity contribution in [2.75, 3.05) is 0 Å². The Morgan fingerprint density at radius 1 is 1.21 bits per heavy atom. The summed E-state index contributed by atoms with van der Waals surface area (Å²) >= 11 is 3.51. The van der Waals surface area contributed by atoms with Gasteiger partial charge in [-0.25, -0.2) is 0 Å². The van der Waals surface area contributed by atoms with Crippen molar-refractivity contribution in [2.45, 2.75) is 19.2 Å². The summed E-state index contributed by atoms with van der Waals surface area (Å²) in [6.45, 7) is 4.14. The van der Waals surface area contributed by atoms with E-state index in [-0.39, 0.29) is 0 Å². The van der Waals surface area contributed by atoms with Crippen molar-refractivity contribution >= 4 is 26.8 Å². The Hall–Kier alpha value is -0.890. The standard InChI is InChI=1S/C12H12BrN/c1-8-3-4-12-11(5-8)10(7-13)6-9(2)14-12/h3-6H,7H2,1-2H3. The number of fused-ring (bicyclic) bond motifs is 1. The van der Waals surface area contributed by atoms with Gasteiger partial charge in [0.25, 0.3) is 0 Å². The highest BCUT2D eigenvalue weighted by molar-refractivity contribution is 9.08. The molecule has 0 aliphatic carbocycles. The SMILES string of the molecule is Cc1ccc2nc(C)cc(CBr)c2c1. The number of hydrogen-bond acceptors (Lipinski definition) is 1. The number of aromatic nitrogens is 1. The molecule has 2 rings (SSSR count). The van der Waals surface area contributed by atoms with E-state index in [1.807, 2.05) is 6.92 Å². The van der Waals surface area contributed by atoms with Gasteiger partial charge in [-0.1, -0.05) is 27.6 Å². The lowest BCUT2D eigenvalue weighted by molar-refractivity contribution is 1.23. The van der Waals surface area contributed by atoms with Crippen LogP contribution in [0.25, 0.3) is 10.9 Å². The molecule has 0 N–H and O–H groups in total. The van der Waals surface area contributed by atoms with Crippen LogP contribution in [-0.2, 0) is 5.33 Å². The Bertz CT molecular complexity index is 477. The highest BCUT2D eigenvalue weighted by Crippen LogP contribution is 2.21. The fourth-order valence-corrected chi connectivity index (χ4v) is 2.13. The molecule has 2 aromatic rings. The van der Waals surface area contributed by atoms with E-state index in [0.717, 1.165) is 16.5 Å². The van der Waals surface area contributed by atoms with E-state index in [9.17, 15) is 0 Å². The van der Waals surface area contributed by atoms with E-state index in [2.05, 4.69) is 52.1 Å². The number of pyridine rings is 1. The second-order valence-electron chi connectivity index (χ2n) is 3.58. The molecule has 0 fully saturated rings. The lowest BCUT2D eigenvalue weighted by Gasteiger charge is -2.05. The molecule has 72 valence electrons. The number of nitrogens with zero attached hydrogens (tertiary/aromatic N) is 1. The molecule has 1 nitrogen and oxygen atoms in total. The Morgan fingerprint density at radius 3 is 2.71 bits per heavy atom. The summed E-state index contributed by atoms with van der Waals surface area (Å²) in [7, 11) is 0. The second kappa shape index (κ2) is 3.70. The lowest BCUT2D eigenvalue weighted by Crippen LogP contribution is -1.89. The van der Waals surface area contributed by atoms with Gasteiger partial charge in [0, 0.05) is 16.4 Å². The molecule has 0 aliphatic rings. The molecule has 0 radical (unpaired) electrons. The maximum Gasteiger partial charge on any atom is 0.0708 e. The second-order valence-corrected chi connectivity index (χ2v) is 4.14. The number of hydrogen-bond donors (Lipinski definition) is 0. The molecule has 0 aliphatic heterocycles. The summed E-state index contributed by atoms with van der Waals surface area (Å²) < 4.78 is 0. The molecule has 0 atom stereocenters. The number of alkyl halides is 1. The molecule has 0 unspecified atom stereocenters. The van der Waals surface area contributed by atoms with Gasteiger partial charge >= 0.3 is 0 Å². The number of halogens is 1. The van der Waals surface area contributed by atoms with Gasteiger partial charge in [0.15, 0.2) is 0 Å². The maximum absolute atomic E-state index is 4.50. The van der Waals surface area contributed by atoms with Crippen LogP contribution in [0.4, 0.5) is 0 Å². The first kappa shape index (κ1) is 9.66. The fourth-order valence-electron chi connectivity index (χ4n) is 1.67. The minimum absolute atomic E-state index is 0.885. The number of aryl methyl sites for hydroxylation is 2. The van der Waals surface area contributed by atoms with Crippen molar-refractivity contribution < 1.29 is 0 Å². The summed E-state index contributed by atoms with van der Waals surface area (Å²) in [6.07, 6.45) is 0. The van der Waals surface area contributed by atoms with E-state index in [4.69, 9.17) is 0 Å². The zero-order chi connectivity index (χ0) is 10.1. The van der Waals surface area contributed by atoms with Crippen LogP contribution in [0.2, 0.25) is 0 Å². The Labute approximate surface area is 92.3 Å². The van der Waals surface area contributed by atoms with Crippen LogP contribution in [-0.4, -0.2) is 4.98 Å². The van der Waals surface area contributed by atoms with Gasteiger partial charge in [-0.05, 0) is 37.6 Å². The van der Waals surface area contributed by atoms with Gasteiger partial charge in [0.2, 0.25) is 0 Å². The van der Waals surface area contributed by atoms with E-state index in [1.165, 1.54) is 16.5 Å². The summed E-state index contributed by atoms with van der Waals surface area (Å²) in [6, 6.07) is 8.52. The molecule has 14 heavy (non-hydrogen) atoms. The Kier molecular flexibility index (Phi) is 2.55. The molecule has 1 heterocycles. The van der Waals surface area contributed by atoms with E-state index in [0.29, 0.717) is 0 Å². The minimum atomic E-state index is 0.885. The van der Waals surface area contributed by atoms with E-state index in [1.54, 1.807) is 0 Å². The summed E-state index contributed by atoms with van der Waals surface area (Å²) in [4.78, 5) is 4.50. The summed E-state index contributed by atoms with van der Waals surface area (Å²) in [5.41, 5.74) is 4.77. The Balaban J connectivity index is 2.81. The molecular weight excluding hydrogens is 238 g/mol. The van der Waals surface area contributed by atoms with Crippen LogP contribution >= 0.6 is 15.9 Å². The third-order valence-corrected chi connectivity index (χ3v) is 2.93. The largest absolute Gasteiger partial charge is 0.253 e. The van der Waals surface area contributed by atoms with Crippen molar-refractivity contribution in [1.29, 1.82) is 0 Å². The molecular formula is C12H12BrN. The highest BCUT2D eigenvalue weighted by atomic mass is 79.9. The minimum Gasteiger partial charge on any atom is -0.253 e. The lowest BCUT2D eigenvalue weighted by atomic mass is 10.1. The van der Waals surface area contributed by atoms with Gasteiger partial charge in [0.1, 0.15) is 0 Å².